The van der Waals surface area contributed by atoms with Crippen LogP contribution in [0.1, 0.15) is 30.2 Å². The maximum absolute atomic E-state index is 12.3. The molecule has 2 N–H and O–H groups in total. The largest absolute Gasteiger partial charge is 0.444 e. The molecule has 1 aromatic carbocycles. The smallest absolute Gasteiger partial charge is 0.241 e. The first-order valence-corrected chi connectivity index (χ1v) is 8.09. The highest BCUT2D eigenvalue weighted by Gasteiger charge is 2.21. The lowest BCUT2D eigenvalue weighted by atomic mass is 10.2. The van der Waals surface area contributed by atoms with E-state index in [2.05, 4.69) is 15.0 Å². The monoisotopic (exact) mass is 309 g/mol. The number of benzene rings is 1. The van der Waals surface area contributed by atoms with Gasteiger partial charge in [-0.25, -0.2) is 13.4 Å². The molecule has 1 aromatic heterocycles. The van der Waals surface area contributed by atoms with Crippen LogP contribution in [0.5, 0.6) is 0 Å². The molecule has 0 amide bonds. The molecule has 2 aromatic rings. The summed E-state index contributed by atoms with van der Waals surface area (Å²) in [7, 11) is -1.76. The average molecular weight is 309 g/mol. The van der Waals surface area contributed by atoms with Crippen LogP contribution in [0.4, 0.5) is 0 Å². The van der Waals surface area contributed by atoms with E-state index in [1.807, 2.05) is 7.05 Å². The first-order valence-electron chi connectivity index (χ1n) is 6.60. The zero-order chi connectivity index (χ0) is 15.5. The molecule has 0 saturated carbocycles. The summed E-state index contributed by atoms with van der Waals surface area (Å²) < 4.78 is 32.5. The van der Waals surface area contributed by atoms with Gasteiger partial charge in [0.2, 0.25) is 15.9 Å². The normalized spacial score (nSPS) is 13.3. The highest BCUT2D eigenvalue weighted by atomic mass is 32.2. The van der Waals surface area contributed by atoms with Crippen molar-refractivity contribution in [2.24, 2.45) is 0 Å². The topological polar surface area (TPSA) is 84.2 Å². The van der Waals surface area contributed by atoms with Gasteiger partial charge in [-0.2, -0.15) is 4.72 Å². The predicted octanol–water partition coefficient (Wildman–Crippen LogP) is 1.74. The molecule has 2 rings (SSSR count). The molecule has 0 fully saturated rings. The van der Waals surface area contributed by atoms with Gasteiger partial charge in [0.05, 0.1) is 17.1 Å². The number of nitrogens with one attached hydrogen (secondary N) is 2. The van der Waals surface area contributed by atoms with Crippen molar-refractivity contribution in [2.75, 3.05) is 7.05 Å². The zero-order valence-corrected chi connectivity index (χ0v) is 13.1. The summed E-state index contributed by atoms with van der Waals surface area (Å²) in [5.41, 5.74) is 1.02. The predicted molar refractivity (Wildman–Crippen MR) is 79.2 cm³/mol. The zero-order valence-electron chi connectivity index (χ0n) is 12.3. The molecule has 114 valence electrons. The Morgan fingerprint density at radius 3 is 2.48 bits per heavy atom. The van der Waals surface area contributed by atoms with Crippen molar-refractivity contribution in [2.45, 2.75) is 31.3 Å². The van der Waals surface area contributed by atoms with E-state index in [4.69, 9.17) is 4.42 Å². The summed E-state index contributed by atoms with van der Waals surface area (Å²) in [5.74, 6) is 0.996. The van der Waals surface area contributed by atoms with E-state index in [-0.39, 0.29) is 4.90 Å². The van der Waals surface area contributed by atoms with E-state index in [1.165, 1.54) is 0 Å². The van der Waals surface area contributed by atoms with Crippen LogP contribution >= 0.6 is 0 Å². The molecule has 7 heteroatoms. The summed E-state index contributed by atoms with van der Waals surface area (Å²) >= 11 is 0. The Labute approximate surface area is 124 Å². The van der Waals surface area contributed by atoms with Crippen LogP contribution in [-0.4, -0.2) is 20.4 Å². The minimum absolute atomic E-state index is 0.220. The van der Waals surface area contributed by atoms with Crippen LogP contribution in [0, 0.1) is 6.92 Å². The molecule has 0 aliphatic heterocycles. The molecule has 21 heavy (non-hydrogen) atoms. The Kier molecular flexibility index (Phi) is 4.76. The van der Waals surface area contributed by atoms with Crippen LogP contribution in [-0.2, 0) is 16.6 Å². The minimum Gasteiger partial charge on any atom is -0.444 e. The number of aromatic nitrogens is 1. The van der Waals surface area contributed by atoms with Gasteiger partial charge in [0.1, 0.15) is 5.76 Å². The number of hydrogen-bond donors (Lipinski definition) is 2. The lowest BCUT2D eigenvalue weighted by molar-refractivity contribution is 0.428. The highest BCUT2D eigenvalue weighted by molar-refractivity contribution is 7.89. The molecule has 1 atom stereocenters. The maximum Gasteiger partial charge on any atom is 0.241 e. The van der Waals surface area contributed by atoms with Crippen molar-refractivity contribution >= 4 is 10.0 Å². The maximum atomic E-state index is 12.3. The van der Waals surface area contributed by atoms with E-state index < -0.39 is 16.1 Å². The van der Waals surface area contributed by atoms with Gasteiger partial charge in [-0.1, -0.05) is 12.1 Å². The van der Waals surface area contributed by atoms with E-state index in [1.54, 1.807) is 44.3 Å². The second kappa shape index (κ2) is 6.38. The van der Waals surface area contributed by atoms with Crippen molar-refractivity contribution < 1.29 is 12.8 Å². The fraction of sp³-hybridized carbons (Fsp3) is 0.357. The number of sulfonamides is 1. The number of nitrogens with zero attached hydrogens (tertiary/aromatic N) is 1. The van der Waals surface area contributed by atoms with Crippen LogP contribution in [0.2, 0.25) is 0 Å². The minimum atomic E-state index is -3.60. The molecule has 1 unspecified atom stereocenters. The molecule has 0 radical (unpaired) electrons. The molecule has 0 saturated heterocycles. The molecule has 6 nitrogen and oxygen atoms in total. The van der Waals surface area contributed by atoms with Crippen molar-refractivity contribution in [1.82, 2.24) is 15.0 Å². The molecular formula is C14H19N3O3S. The second-order valence-electron chi connectivity index (χ2n) is 4.83. The van der Waals surface area contributed by atoms with Crippen LogP contribution in [0.25, 0.3) is 0 Å². The van der Waals surface area contributed by atoms with Gasteiger partial charge >= 0.3 is 0 Å². The Morgan fingerprint density at radius 2 is 1.95 bits per heavy atom. The molecule has 0 bridgehead atoms. The standard InChI is InChI=1S/C14H19N3O3S/c1-10-8-16-14(20-10)11(2)17-21(18,19)13-6-4-12(5-7-13)9-15-3/h4-8,11,15,17H,9H2,1-3H3. The summed E-state index contributed by atoms with van der Waals surface area (Å²) in [6.07, 6.45) is 1.56. The van der Waals surface area contributed by atoms with Gasteiger partial charge in [-0.05, 0) is 38.6 Å². The van der Waals surface area contributed by atoms with Crippen LogP contribution in [0.15, 0.2) is 39.8 Å². The molecular weight excluding hydrogens is 290 g/mol. The van der Waals surface area contributed by atoms with Crippen LogP contribution in [0.3, 0.4) is 0 Å². The third kappa shape index (κ3) is 3.90. The van der Waals surface area contributed by atoms with E-state index in [0.717, 1.165) is 5.56 Å². The quantitative estimate of drug-likeness (QED) is 0.849. The third-order valence-corrected chi connectivity index (χ3v) is 4.51. The van der Waals surface area contributed by atoms with Gasteiger partial charge in [-0.3, -0.25) is 0 Å². The van der Waals surface area contributed by atoms with Gasteiger partial charge in [0, 0.05) is 6.54 Å². The number of aryl methyl sites for hydroxylation is 1. The molecule has 1 heterocycles. The first-order chi connectivity index (χ1) is 9.92. The summed E-state index contributed by atoms with van der Waals surface area (Å²) in [6.45, 7) is 4.15. The van der Waals surface area contributed by atoms with Crippen molar-refractivity contribution in [3.63, 3.8) is 0 Å². The van der Waals surface area contributed by atoms with Gasteiger partial charge in [-0.15, -0.1) is 0 Å². The van der Waals surface area contributed by atoms with Crippen molar-refractivity contribution in [1.29, 1.82) is 0 Å². The first kappa shape index (κ1) is 15.7. The summed E-state index contributed by atoms with van der Waals surface area (Å²) in [6, 6.07) is 6.21. The fourth-order valence-corrected chi connectivity index (χ4v) is 3.11. The highest BCUT2D eigenvalue weighted by Crippen LogP contribution is 2.17. The lowest BCUT2D eigenvalue weighted by Crippen LogP contribution is -2.27. The van der Waals surface area contributed by atoms with Crippen molar-refractivity contribution in [3.8, 4) is 0 Å². The van der Waals surface area contributed by atoms with Gasteiger partial charge in [0.25, 0.3) is 0 Å². The molecule has 0 spiro atoms. The molecule has 0 aliphatic rings. The van der Waals surface area contributed by atoms with Crippen LogP contribution < -0.4 is 10.0 Å². The number of rotatable bonds is 6. The van der Waals surface area contributed by atoms with Gasteiger partial charge < -0.3 is 9.73 Å². The Morgan fingerprint density at radius 1 is 1.29 bits per heavy atom. The SMILES string of the molecule is CNCc1ccc(S(=O)(=O)NC(C)c2ncc(C)o2)cc1. The van der Waals surface area contributed by atoms with E-state index in [9.17, 15) is 8.42 Å². The fourth-order valence-electron chi connectivity index (χ4n) is 1.91. The van der Waals surface area contributed by atoms with Crippen molar-refractivity contribution in [3.05, 3.63) is 47.7 Å². The summed E-state index contributed by atoms with van der Waals surface area (Å²) in [5, 5.41) is 3.01. The Balaban J connectivity index is 2.14. The van der Waals surface area contributed by atoms with Gasteiger partial charge in [0.15, 0.2) is 0 Å². The lowest BCUT2D eigenvalue weighted by Gasteiger charge is -2.11. The number of oxazole rings is 1. The van der Waals surface area contributed by atoms with E-state index >= 15 is 0 Å². The third-order valence-electron chi connectivity index (χ3n) is 2.96. The summed E-state index contributed by atoms with van der Waals surface area (Å²) in [4.78, 5) is 4.25. The average Bonchev–Trinajstić information content (AvgIpc) is 2.86. The number of hydrogen-bond acceptors (Lipinski definition) is 5. The second-order valence-corrected chi connectivity index (χ2v) is 6.54. The van der Waals surface area contributed by atoms with E-state index in [0.29, 0.717) is 18.2 Å². The Bertz CT molecular complexity index is 693. The Hall–Kier alpha value is -1.70. The molecule has 0 aliphatic carbocycles.